The van der Waals surface area contributed by atoms with Crippen LogP contribution in [-0.4, -0.2) is 16.1 Å². The lowest BCUT2D eigenvalue weighted by Gasteiger charge is -2.11. The van der Waals surface area contributed by atoms with Crippen molar-refractivity contribution in [1.82, 2.24) is 4.98 Å². The second kappa shape index (κ2) is 6.87. The molecule has 0 bridgehead atoms. The van der Waals surface area contributed by atoms with Crippen molar-refractivity contribution in [3.05, 3.63) is 78.0 Å². The molecule has 3 rings (SSSR count). The Morgan fingerprint density at radius 1 is 0.962 bits per heavy atom. The highest BCUT2D eigenvalue weighted by atomic mass is 19.4. The Morgan fingerprint density at radius 2 is 1.65 bits per heavy atom. The van der Waals surface area contributed by atoms with E-state index in [4.69, 9.17) is 0 Å². The number of anilines is 2. The van der Waals surface area contributed by atoms with Crippen LogP contribution in [0.5, 0.6) is 0 Å². The standard InChI is InChI=1S/C19H13F3N2O2/c20-19(21,22)14-6-1-4-12(10-14)13-5-2-7-15(11-13)24-17-16(18(25)26)8-3-9-23-17/h1-11H,(H,23,24)(H,25,26). The lowest BCUT2D eigenvalue weighted by molar-refractivity contribution is -0.137. The molecule has 0 radical (unpaired) electrons. The number of halogens is 3. The average molecular weight is 358 g/mol. The molecule has 0 spiro atoms. The topological polar surface area (TPSA) is 62.2 Å². The highest BCUT2D eigenvalue weighted by Gasteiger charge is 2.30. The van der Waals surface area contributed by atoms with E-state index in [0.29, 0.717) is 16.8 Å². The summed E-state index contributed by atoms with van der Waals surface area (Å²) in [5.41, 5.74) is 0.751. The molecule has 1 heterocycles. The van der Waals surface area contributed by atoms with E-state index in [-0.39, 0.29) is 11.4 Å². The number of pyridine rings is 1. The number of nitrogens with zero attached hydrogens (tertiary/aromatic N) is 1. The molecule has 0 aliphatic heterocycles. The number of carbonyl (C=O) groups is 1. The number of nitrogens with one attached hydrogen (secondary N) is 1. The molecule has 7 heteroatoms. The van der Waals surface area contributed by atoms with Gasteiger partial charge in [0.1, 0.15) is 11.4 Å². The smallest absolute Gasteiger partial charge is 0.416 e. The van der Waals surface area contributed by atoms with Gasteiger partial charge in [0.05, 0.1) is 5.56 Å². The molecule has 0 atom stereocenters. The molecule has 26 heavy (non-hydrogen) atoms. The van der Waals surface area contributed by atoms with Crippen molar-refractivity contribution >= 4 is 17.5 Å². The van der Waals surface area contributed by atoms with Crippen LogP contribution in [0.3, 0.4) is 0 Å². The highest BCUT2D eigenvalue weighted by Crippen LogP contribution is 2.33. The van der Waals surface area contributed by atoms with Gasteiger partial charge in [-0.25, -0.2) is 9.78 Å². The molecule has 0 aliphatic rings. The Balaban J connectivity index is 1.94. The molecule has 0 amide bonds. The Morgan fingerprint density at radius 3 is 2.35 bits per heavy atom. The predicted molar refractivity (Wildman–Crippen MR) is 91.4 cm³/mol. The molecule has 4 nitrogen and oxygen atoms in total. The van der Waals surface area contributed by atoms with E-state index in [2.05, 4.69) is 10.3 Å². The van der Waals surface area contributed by atoms with Crippen LogP contribution in [0.15, 0.2) is 66.9 Å². The number of benzene rings is 2. The number of hydrogen-bond acceptors (Lipinski definition) is 3. The Kier molecular flexibility index (Phi) is 4.62. The van der Waals surface area contributed by atoms with E-state index in [1.807, 2.05) is 0 Å². The van der Waals surface area contributed by atoms with Crippen molar-refractivity contribution in [2.45, 2.75) is 6.18 Å². The first kappa shape index (κ1) is 17.5. The van der Waals surface area contributed by atoms with Crippen molar-refractivity contribution in [3.63, 3.8) is 0 Å². The van der Waals surface area contributed by atoms with E-state index < -0.39 is 17.7 Å². The molecule has 3 aromatic rings. The summed E-state index contributed by atoms with van der Waals surface area (Å²) in [4.78, 5) is 15.2. The minimum absolute atomic E-state index is 0.00280. The molecule has 0 unspecified atom stereocenters. The average Bonchev–Trinajstić information content (AvgIpc) is 2.62. The fourth-order valence-corrected chi connectivity index (χ4v) is 2.47. The largest absolute Gasteiger partial charge is 0.478 e. The quantitative estimate of drug-likeness (QED) is 0.672. The summed E-state index contributed by atoms with van der Waals surface area (Å²) < 4.78 is 38.7. The number of hydrogen-bond donors (Lipinski definition) is 2. The predicted octanol–water partition coefficient (Wildman–Crippen LogP) is 5.21. The van der Waals surface area contributed by atoms with Crippen LogP contribution in [0.2, 0.25) is 0 Å². The molecule has 0 saturated heterocycles. The number of carboxylic acid groups (broad SMARTS) is 1. The number of aromatic carboxylic acids is 1. The third-order valence-electron chi connectivity index (χ3n) is 3.69. The summed E-state index contributed by atoms with van der Waals surface area (Å²) in [7, 11) is 0. The number of aromatic nitrogens is 1. The first-order chi connectivity index (χ1) is 12.3. The van der Waals surface area contributed by atoms with Crippen LogP contribution in [0, 0.1) is 0 Å². The van der Waals surface area contributed by atoms with Crippen LogP contribution in [0.1, 0.15) is 15.9 Å². The van der Waals surface area contributed by atoms with Gasteiger partial charge in [0, 0.05) is 11.9 Å². The zero-order valence-corrected chi connectivity index (χ0v) is 13.3. The maximum Gasteiger partial charge on any atom is 0.416 e. The summed E-state index contributed by atoms with van der Waals surface area (Å²) in [5.74, 6) is -0.976. The molecule has 1 aromatic heterocycles. The molecule has 0 fully saturated rings. The molecule has 0 aliphatic carbocycles. The summed E-state index contributed by atoms with van der Waals surface area (Å²) in [6.45, 7) is 0. The number of rotatable bonds is 4. The van der Waals surface area contributed by atoms with Gasteiger partial charge in [-0.15, -0.1) is 0 Å². The highest BCUT2D eigenvalue weighted by molar-refractivity contribution is 5.94. The van der Waals surface area contributed by atoms with E-state index in [1.165, 1.54) is 24.4 Å². The third-order valence-corrected chi connectivity index (χ3v) is 3.69. The van der Waals surface area contributed by atoms with Crippen LogP contribution in [0.25, 0.3) is 11.1 Å². The van der Waals surface area contributed by atoms with Crippen LogP contribution in [-0.2, 0) is 6.18 Å². The van der Waals surface area contributed by atoms with E-state index in [1.54, 1.807) is 30.3 Å². The van der Waals surface area contributed by atoms with Gasteiger partial charge in [0.2, 0.25) is 0 Å². The zero-order valence-electron chi connectivity index (χ0n) is 13.3. The fraction of sp³-hybridized carbons (Fsp3) is 0.0526. The van der Waals surface area contributed by atoms with Crippen LogP contribution in [0.4, 0.5) is 24.7 Å². The van der Waals surface area contributed by atoms with Crippen molar-refractivity contribution < 1.29 is 23.1 Å². The van der Waals surface area contributed by atoms with Gasteiger partial charge in [0.25, 0.3) is 0 Å². The SMILES string of the molecule is O=C(O)c1cccnc1Nc1cccc(-c2cccc(C(F)(F)F)c2)c1. The van der Waals surface area contributed by atoms with Crippen LogP contribution >= 0.6 is 0 Å². The lowest BCUT2D eigenvalue weighted by Crippen LogP contribution is -2.05. The van der Waals surface area contributed by atoms with Crippen molar-refractivity contribution in [2.24, 2.45) is 0 Å². The van der Waals surface area contributed by atoms with Crippen molar-refractivity contribution in [2.75, 3.05) is 5.32 Å². The summed E-state index contributed by atoms with van der Waals surface area (Å²) in [6, 6.07) is 14.6. The summed E-state index contributed by atoms with van der Waals surface area (Å²) in [6.07, 6.45) is -2.97. The van der Waals surface area contributed by atoms with Crippen LogP contribution < -0.4 is 5.32 Å². The van der Waals surface area contributed by atoms with Gasteiger partial charge < -0.3 is 10.4 Å². The lowest BCUT2D eigenvalue weighted by atomic mass is 10.0. The van der Waals surface area contributed by atoms with E-state index in [9.17, 15) is 23.1 Å². The summed E-state index contributed by atoms with van der Waals surface area (Å²) in [5, 5.41) is 12.1. The molecular formula is C19H13F3N2O2. The normalized spacial score (nSPS) is 11.2. The molecular weight excluding hydrogens is 345 g/mol. The fourth-order valence-electron chi connectivity index (χ4n) is 2.47. The Bertz CT molecular complexity index is 955. The number of carboxylic acids is 1. The van der Waals surface area contributed by atoms with Gasteiger partial charge >= 0.3 is 12.1 Å². The zero-order chi connectivity index (χ0) is 18.7. The molecule has 132 valence electrons. The minimum Gasteiger partial charge on any atom is -0.478 e. The van der Waals surface area contributed by atoms with Gasteiger partial charge in [-0.05, 0) is 47.5 Å². The van der Waals surface area contributed by atoms with E-state index in [0.717, 1.165) is 12.1 Å². The van der Waals surface area contributed by atoms with Gasteiger partial charge in [-0.1, -0.05) is 24.3 Å². The van der Waals surface area contributed by atoms with E-state index >= 15 is 0 Å². The van der Waals surface area contributed by atoms with Gasteiger partial charge in [-0.2, -0.15) is 13.2 Å². The molecule has 2 N–H and O–H groups in total. The second-order valence-electron chi connectivity index (χ2n) is 5.49. The molecule has 0 saturated carbocycles. The third kappa shape index (κ3) is 3.83. The summed E-state index contributed by atoms with van der Waals surface area (Å²) >= 11 is 0. The maximum absolute atomic E-state index is 12.9. The monoisotopic (exact) mass is 358 g/mol. The van der Waals surface area contributed by atoms with Crippen molar-refractivity contribution in [1.29, 1.82) is 0 Å². The minimum atomic E-state index is -4.42. The Hall–Kier alpha value is -3.35. The van der Waals surface area contributed by atoms with Crippen molar-refractivity contribution in [3.8, 4) is 11.1 Å². The molecule has 2 aromatic carbocycles. The van der Waals surface area contributed by atoms with Gasteiger partial charge in [-0.3, -0.25) is 0 Å². The van der Waals surface area contributed by atoms with Gasteiger partial charge in [0.15, 0.2) is 0 Å². The Labute approximate surface area is 146 Å². The second-order valence-corrected chi connectivity index (χ2v) is 5.49. The number of alkyl halides is 3. The maximum atomic E-state index is 12.9. The first-order valence-corrected chi connectivity index (χ1v) is 7.57. The first-order valence-electron chi connectivity index (χ1n) is 7.57.